The van der Waals surface area contributed by atoms with Crippen molar-refractivity contribution >= 4 is 11.7 Å². The molecule has 7 heteroatoms. The number of aryl methyl sites for hydroxylation is 1. The number of fused-ring (bicyclic) bond motifs is 1. The first-order valence-corrected chi connectivity index (χ1v) is 8.93. The van der Waals surface area contributed by atoms with Crippen LogP contribution in [0, 0.1) is 0 Å². The van der Waals surface area contributed by atoms with Crippen LogP contribution in [-0.4, -0.2) is 46.6 Å². The number of hydrogen-bond donors (Lipinski definition) is 0. The molecule has 0 aromatic carbocycles. The van der Waals surface area contributed by atoms with E-state index in [1.165, 1.54) is 0 Å². The molecule has 1 fully saturated rings. The van der Waals surface area contributed by atoms with Gasteiger partial charge in [-0.2, -0.15) is 0 Å². The number of amides is 1. The number of nitrogens with zero attached hydrogens (tertiary/aromatic N) is 5. The first-order chi connectivity index (χ1) is 12.1. The van der Waals surface area contributed by atoms with Crippen molar-refractivity contribution in [2.24, 2.45) is 0 Å². The van der Waals surface area contributed by atoms with Gasteiger partial charge in [-0.15, -0.1) is 0 Å². The second-order valence-electron chi connectivity index (χ2n) is 6.99. The second kappa shape index (κ2) is 6.46. The van der Waals surface area contributed by atoms with Crippen LogP contribution in [-0.2, 0) is 12.8 Å². The quantitative estimate of drug-likeness (QED) is 0.853. The highest BCUT2D eigenvalue weighted by atomic mass is 16.5. The summed E-state index contributed by atoms with van der Waals surface area (Å²) < 4.78 is 5.43. The lowest BCUT2D eigenvalue weighted by Crippen LogP contribution is -2.32. The number of aromatic nitrogens is 3. The molecule has 1 aliphatic carbocycles. The number of carbonyl (C=O) groups excluding carboxylic acids is 1. The zero-order chi connectivity index (χ0) is 17.4. The number of hydrogen-bond acceptors (Lipinski definition) is 6. The number of rotatable bonds is 3. The summed E-state index contributed by atoms with van der Waals surface area (Å²) in [5.41, 5.74) is 2.35. The second-order valence-corrected chi connectivity index (χ2v) is 6.99. The van der Waals surface area contributed by atoms with E-state index in [2.05, 4.69) is 15.1 Å². The predicted molar refractivity (Wildman–Crippen MR) is 92.5 cm³/mol. The largest absolute Gasteiger partial charge is 0.361 e. The van der Waals surface area contributed by atoms with Crippen LogP contribution in [0.25, 0.3) is 0 Å². The maximum atomic E-state index is 13.1. The molecule has 7 nitrogen and oxygen atoms in total. The van der Waals surface area contributed by atoms with Crippen LogP contribution in [0.2, 0.25) is 0 Å². The van der Waals surface area contributed by atoms with E-state index in [1.807, 2.05) is 23.9 Å². The molecule has 3 heterocycles. The van der Waals surface area contributed by atoms with Gasteiger partial charge in [0, 0.05) is 32.6 Å². The van der Waals surface area contributed by atoms with Crippen LogP contribution in [0.3, 0.4) is 0 Å². The summed E-state index contributed by atoms with van der Waals surface area (Å²) in [6.07, 6.45) is 9.33. The first kappa shape index (κ1) is 16.1. The minimum absolute atomic E-state index is 0.0357. The first-order valence-electron chi connectivity index (χ1n) is 8.93. The monoisotopic (exact) mass is 341 g/mol. The van der Waals surface area contributed by atoms with Crippen LogP contribution < -0.4 is 4.90 Å². The summed E-state index contributed by atoms with van der Waals surface area (Å²) in [5.74, 6) is 1.65. The Morgan fingerprint density at radius 1 is 1.24 bits per heavy atom. The third kappa shape index (κ3) is 2.88. The van der Waals surface area contributed by atoms with Crippen LogP contribution in [0.4, 0.5) is 5.82 Å². The van der Waals surface area contributed by atoms with E-state index >= 15 is 0 Å². The normalized spacial score (nSPS) is 19.8. The molecule has 1 atom stereocenters. The van der Waals surface area contributed by atoms with Crippen molar-refractivity contribution in [1.29, 1.82) is 0 Å². The van der Waals surface area contributed by atoms with Crippen molar-refractivity contribution in [2.45, 2.75) is 44.6 Å². The lowest BCUT2D eigenvalue weighted by molar-refractivity contribution is 0.0721. The van der Waals surface area contributed by atoms with Gasteiger partial charge in [-0.05, 0) is 32.1 Å². The van der Waals surface area contributed by atoms with E-state index in [1.54, 1.807) is 12.4 Å². The van der Waals surface area contributed by atoms with Gasteiger partial charge in [-0.1, -0.05) is 5.16 Å². The molecule has 0 saturated carbocycles. The van der Waals surface area contributed by atoms with E-state index in [0.717, 1.165) is 67.9 Å². The maximum absolute atomic E-state index is 13.1. The van der Waals surface area contributed by atoms with Gasteiger partial charge in [0.2, 0.25) is 0 Å². The molecule has 0 radical (unpaired) electrons. The Morgan fingerprint density at radius 3 is 2.92 bits per heavy atom. The fourth-order valence-electron chi connectivity index (χ4n) is 3.75. The molecule has 0 N–H and O–H groups in total. The van der Waals surface area contributed by atoms with Gasteiger partial charge in [0.15, 0.2) is 5.69 Å². The van der Waals surface area contributed by atoms with E-state index in [0.29, 0.717) is 5.69 Å². The van der Waals surface area contributed by atoms with Crippen molar-refractivity contribution in [3.05, 3.63) is 35.1 Å². The lowest BCUT2D eigenvalue weighted by atomic mass is 9.96. The number of anilines is 1. The highest BCUT2D eigenvalue weighted by molar-refractivity contribution is 5.94. The molecule has 2 aliphatic rings. The van der Waals surface area contributed by atoms with Crippen molar-refractivity contribution < 1.29 is 9.32 Å². The minimum Gasteiger partial charge on any atom is -0.361 e. The Hall–Kier alpha value is -2.44. The summed E-state index contributed by atoms with van der Waals surface area (Å²) in [5, 5.41) is 4.11. The molecular formula is C18H23N5O2. The molecule has 0 bridgehead atoms. The fraction of sp³-hybridized carbons (Fsp3) is 0.556. The average molecular weight is 341 g/mol. The highest BCUT2D eigenvalue weighted by Gasteiger charge is 2.35. The smallest absolute Gasteiger partial charge is 0.276 e. The third-order valence-corrected chi connectivity index (χ3v) is 5.11. The topological polar surface area (TPSA) is 75.4 Å². The molecule has 2 aromatic heterocycles. The Kier molecular flexibility index (Phi) is 4.15. The van der Waals surface area contributed by atoms with E-state index < -0.39 is 0 Å². The Labute approximate surface area is 147 Å². The summed E-state index contributed by atoms with van der Waals surface area (Å²) >= 11 is 0. The zero-order valence-corrected chi connectivity index (χ0v) is 14.7. The van der Waals surface area contributed by atoms with Crippen LogP contribution in [0.15, 0.2) is 16.9 Å². The molecule has 1 aliphatic heterocycles. The van der Waals surface area contributed by atoms with E-state index in [9.17, 15) is 4.79 Å². The van der Waals surface area contributed by atoms with E-state index in [-0.39, 0.29) is 11.9 Å². The van der Waals surface area contributed by atoms with Crippen molar-refractivity contribution in [2.75, 3.05) is 25.5 Å². The fourth-order valence-corrected chi connectivity index (χ4v) is 3.75. The van der Waals surface area contributed by atoms with Crippen molar-refractivity contribution in [3.63, 3.8) is 0 Å². The summed E-state index contributed by atoms with van der Waals surface area (Å²) in [6, 6.07) is -0.0455. The Morgan fingerprint density at radius 2 is 2.08 bits per heavy atom. The standard InChI is InChI=1S/C18H23N5O2/c1-22(2)16-11-19-10-13(20-16)14-7-5-9-23(14)18(24)17-12-6-3-4-8-15(12)25-21-17/h10-11,14H,3-9H2,1-2H3/t14-/m0/s1. The predicted octanol–water partition coefficient (Wildman–Crippen LogP) is 2.39. The van der Waals surface area contributed by atoms with E-state index in [4.69, 9.17) is 4.52 Å². The SMILES string of the molecule is CN(C)c1cncc([C@@H]2CCCN2C(=O)c2noc3c2CCCC3)n1. The van der Waals surface area contributed by atoms with Gasteiger partial charge in [0.25, 0.3) is 5.91 Å². The van der Waals surface area contributed by atoms with Crippen LogP contribution >= 0.6 is 0 Å². The molecule has 0 spiro atoms. The van der Waals surface area contributed by atoms with Crippen molar-refractivity contribution in [3.8, 4) is 0 Å². The van der Waals surface area contributed by atoms with Gasteiger partial charge < -0.3 is 14.3 Å². The minimum atomic E-state index is -0.0455. The van der Waals surface area contributed by atoms with Crippen LogP contribution in [0.5, 0.6) is 0 Å². The third-order valence-electron chi connectivity index (χ3n) is 5.11. The Bertz CT molecular complexity index is 786. The summed E-state index contributed by atoms with van der Waals surface area (Å²) in [6.45, 7) is 0.721. The number of likely N-dealkylation sites (tertiary alicyclic amines) is 1. The molecule has 1 amide bonds. The van der Waals surface area contributed by atoms with Gasteiger partial charge in [-0.25, -0.2) is 4.98 Å². The molecule has 0 unspecified atom stereocenters. The lowest BCUT2D eigenvalue weighted by Gasteiger charge is -2.24. The molecule has 1 saturated heterocycles. The Balaban J connectivity index is 1.62. The molecule has 132 valence electrons. The van der Waals surface area contributed by atoms with Gasteiger partial charge in [-0.3, -0.25) is 9.78 Å². The van der Waals surface area contributed by atoms with Crippen molar-refractivity contribution in [1.82, 2.24) is 20.0 Å². The number of carbonyl (C=O) groups is 1. The molecular weight excluding hydrogens is 318 g/mol. The maximum Gasteiger partial charge on any atom is 0.276 e. The van der Waals surface area contributed by atoms with Gasteiger partial charge in [0.1, 0.15) is 11.6 Å². The molecule has 4 rings (SSSR count). The van der Waals surface area contributed by atoms with Crippen LogP contribution in [0.1, 0.15) is 59.2 Å². The average Bonchev–Trinajstić information content (AvgIpc) is 3.28. The summed E-state index contributed by atoms with van der Waals surface area (Å²) in [4.78, 5) is 25.9. The summed E-state index contributed by atoms with van der Waals surface area (Å²) in [7, 11) is 3.88. The van der Waals surface area contributed by atoms with Gasteiger partial charge >= 0.3 is 0 Å². The van der Waals surface area contributed by atoms with Gasteiger partial charge in [0.05, 0.1) is 24.1 Å². The highest BCUT2D eigenvalue weighted by Crippen LogP contribution is 2.34. The molecule has 2 aromatic rings. The zero-order valence-electron chi connectivity index (χ0n) is 14.7. The molecule has 25 heavy (non-hydrogen) atoms.